The second kappa shape index (κ2) is 3.55. The first kappa shape index (κ1) is 10.9. The van der Waals surface area contributed by atoms with Crippen molar-refractivity contribution in [1.29, 1.82) is 0 Å². The molecule has 13 heavy (non-hydrogen) atoms. The number of ether oxygens (including phenoxy) is 1. The van der Waals surface area contributed by atoms with Crippen molar-refractivity contribution in [3.8, 4) is 0 Å². The van der Waals surface area contributed by atoms with Gasteiger partial charge in [-0.3, -0.25) is 4.55 Å². The van der Waals surface area contributed by atoms with Gasteiger partial charge in [0.05, 0.1) is 5.25 Å². The Morgan fingerprint density at radius 2 is 1.85 bits per heavy atom. The van der Waals surface area contributed by atoms with E-state index >= 15 is 0 Å². The summed E-state index contributed by atoms with van der Waals surface area (Å²) in [7, 11) is -3.92. The van der Waals surface area contributed by atoms with Crippen LogP contribution < -0.4 is 0 Å². The molecule has 0 amide bonds. The molecule has 4 nitrogen and oxygen atoms in total. The molecule has 1 aliphatic heterocycles. The molecule has 1 fully saturated rings. The predicted octanol–water partition coefficient (Wildman–Crippen LogP) is 1.08. The molecular formula is C8H16O4S. The van der Waals surface area contributed by atoms with Gasteiger partial charge in [-0.15, -0.1) is 0 Å². The van der Waals surface area contributed by atoms with Crippen LogP contribution in [0.5, 0.6) is 0 Å². The Morgan fingerprint density at radius 3 is 2.23 bits per heavy atom. The molecule has 0 aromatic heterocycles. The topological polar surface area (TPSA) is 63.6 Å². The number of rotatable bonds is 2. The summed E-state index contributed by atoms with van der Waals surface area (Å²) in [5.41, 5.74) is -0.341. The lowest BCUT2D eigenvalue weighted by atomic mass is 9.80. The summed E-state index contributed by atoms with van der Waals surface area (Å²) in [6.07, 6.45) is 1.38. The minimum atomic E-state index is -3.92. The predicted molar refractivity (Wildman–Crippen MR) is 49.2 cm³/mol. The number of hydrogen-bond donors (Lipinski definition) is 1. The maximum Gasteiger partial charge on any atom is 0.268 e. The molecule has 1 saturated heterocycles. The van der Waals surface area contributed by atoms with E-state index in [2.05, 4.69) is 0 Å². The Labute approximate surface area is 79.0 Å². The summed E-state index contributed by atoms with van der Waals surface area (Å²) in [5, 5.41) is -0.705. The van der Waals surface area contributed by atoms with E-state index in [0.29, 0.717) is 26.1 Å². The van der Waals surface area contributed by atoms with Crippen LogP contribution >= 0.6 is 0 Å². The van der Waals surface area contributed by atoms with Crippen molar-refractivity contribution >= 4 is 10.1 Å². The molecule has 0 saturated carbocycles. The van der Waals surface area contributed by atoms with Crippen LogP contribution in [0.4, 0.5) is 0 Å². The standard InChI is InChI=1S/C8H16O4S/c1-7(13(9,10)11)8(2)3-5-12-6-4-8/h7H,3-6H2,1-2H3,(H,9,10,11). The molecular weight excluding hydrogens is 192 g/mol. The van der Waals surface area contributed by atoms with E-state index in [1.54, 1.807) is 6.92 Å². The first-order valence-electron chi connectivity index (χ1n) is 4.40. The van der Waals surface area contributed by atoms with Crippen LogP contribution in [0.15, 0.2) is 0 Å². The highest BCUT2D eigenvalue weighted by Crippen LogP contribution is 2.36. The molecule has 0 aromatic carbocycles. The summed E-state index contributed by atoms with van der Waals surface area (Å²) in [5.74, 6) is 0. The third-order valence-corrected chi connectivity index (χ3v) is 4.53. The maximum absolute atomic E-state index is 11.0. The Bertz CT molecular complexity index is 264. The van der Waals surface area contributed by atoms with Gasteiger partial charge in [-0.2, -0.15) is 8.42 Å². The average Bonchev–Trinajstić information content (AvgIpc) is 2.03. The van der Waals surface area contributed by atoms with Crippen molar-refractivity contribution in [2.45, 2.75) is 31.9 Å². The van der Waals surface area contributed by atoms with E-state index in [9.17, 15) is 8.42 Å². The lowest BCUT2D eigenvalue weighted by Gasteiger charge is -2.36. The summed E-state index contributed by atoms with van der Waals surface area (Å²) < 4.78 is 36.0. The molecule has 5 heteroatoms. The lowest BCUT2D eigenvalue weighted by molar-refractivity contribution is 0.0228. The van der Waals surface area contributed by atoms with Crippen molar-refractivity contribution in [3.63, 3.8) is 0 Å². The molecule has 0 spiro atoms. The van der Waals surface area contributed by atoms with Gasteiger partial charge in [0.15, 0.2) is 0 Å². The molecule has 1 N–H and O–H groups in total. The molecule has 0 bridgehead atoms. The van der Waals surface area contributed by atoms with Gasteiger partial charge in [0, 0.05) is 13.2 Å². The minimum absolute atomic E-state index is 0.341. The average molecular weight is 208 g/mol. The zero-order valence-corrected chi connectivity index (χ0v) is 8.80. The quantitative estimate of drug-likeness (QED) is 0.690. The normalized spacial score (nSPS) is 25.5. The molecule has 1 atom stereocenters. The second-order valence-electron chi connectivity index (χ2n) is 3.92. The van der Waals surface area contributed by atoms with Gasteiger partial charge in [0.1, 0.15) is 0 Å². The van der Waals surface area contributed by atoms with Gasteiger partial charge in [-0.25, -0.2) is 0 Å². The molecule has 1 aliphatic rings. The Kier molecular flexibility index (Phi) is 2.99. The van der Waals surface area contributed by atoms with Gasteiger partial charge in [0.2, 0.25) is 0 Å². The highest BCUT2D eigenvalue weighted by molar-refractivity contribution is 7.86. The molecule has 1 heterocycles. The number of hydrogen-bond acceptors (Lipinski definition) is 3. The SMILES string of the molecule is CC(C1(C)CCOCC1)S(=O)(=O)O. The Morgan fingerprint density at radius 1 is 1.38 bits per heavy atom. The highest BCUT2D eigenvalue weighted by Gasteiger charge is 2.39. The summed E-state index contributed by atoms with van der Waals surface area (Å²) in [4.78, 5) is 0. The van der Waals surface area contributed by atoms with Crippen LogP contribution in [0.2, 0.25) is 0 Å². The Hall–Kier alpha value is -0.130. The van der Waals surface area contributed by atoms with Crippen LogP contribution in [0.3, 0.4) is 0 Å². The third-order valence-electron chi connectivity index (χ3n) is 3.06. The lowest BCUT2D eigenvalue weighted by Crippen LogP contribution is -2.40. The van der Waals surface area contributed by atoms with Crippen LogP contribution in [-0.4, -0.2) is 31.4 Å². The first-order chi connectivity index (χ1) is 5.86. The summed E-state index contributed by atoms with van der Waals surface area (Å²) in [6.45, 7) is 4.60. The summed E-state index contributed by atoms with van der Waals surface area (Å²) >= 11 is 0. The highest BCUT2D eigenvalue weighted by atomic mass is 32.2. The van der Waals surface area contributed by atoms with Gasteiger partial charge < -0.3 is 4.74 Å². The fourth-order valence-corrected chi connectivity index (χ4v) is 2.56. The van der Waals surface area contributed by atoms with Crippen molar-refractivity contribution in [2.24, 2.45) is 5.41 Å². The second-order valence-corrected chi connectivity index (χ2v) is 5.66. The van der Waals surface area contributed by atoms with Gasteiger partial charge >= 0.3 is 0 Å². The summed E-state index contributed by atoms with van der Waals surface area (Å²) in [6, 6.07) is 0. The Balaban J connectivity index is 2.79. The van der Waals surface area contributed by atoms with Crippen molar-refractivity contribution in [2.75, 3.05) is 13.2 Å². The van der Waals surface area contributed by atoms with E-state index < -0.39 is 15.4 Å². The van der Waals surface area contributed by atoms with E-state index in [4.69, 9.17) is 9.29 Å². The van der Waals surface area contributed by atoms with E-state index in [1.807, 2.05) is 6.92 Å². The minimum Gasteiger partial charge on any atom is -0.381 e. The first-order valence-corrected chi connectivity index (χ1v) is 5.91. The smallest absolute Gasteiger partial charge is 0.268 e. The van der Waals surface area contributed by atoms with Crippen LogP contribution in [0.1, 0.15) is 26.7 Å². The van der Waals surface area contributed by atoms with E-state index in [1.165, 1.54) is 0 Å². The van der Waals surface area contributed by atoms with Crippen LogP contribution in [-0.2, 0) is 14.9 Å². The van der Waals surface area contributed by atoms with E-state index in [-0.39, 0.29) is 5.41 Å². The van der Waals surface area contributed by atoms with Crippen molar-refractivity contribution in [1.82, 2.24) is 0 Å². The molecule has 1 unspecified atom stereocenters. The molecule has 0 aliphatic carbocycles. The largest absolute Gasteiger partial charge is 0.381 e. The zero-order chi connectivity index (χ0) is 10.1. The maximum atomic E-state index is 11.0. The van der Waals surface area contributed by atoms with E-state index in [0.717, 1.165) is 0 Å². The van der Waals surface area contributed by atoms with Gasteiger partial charge in [-0.05, 0) is 25.2 Å². The molecule has 0 aromatic rings. The van der Waals surface area contributed by atoms with Crippen LogP contribution in [0, 0.1) is 5.41 Å². The van der Waals surface area contributed by atoms with Gasteiger partial charge in [-0.1, -0.05) is 6.92 Å². The fraction of sp³-hybridized carbons (Fsp3) is 1.00. The molecule has 78 valence electrons. The third kappa shape index (κ3) is 2.42. The fourth-order valence-electron chi connectivity index (χ4n) is 1.60. The van der Waals surface area contributed by atoms with Gasteiger partial charge in [0.25, 0.3) is 10.1 Å². The molecule has 0 radical (unpaired) electrons. The van der Waals surface area contributed by atoms with Crippen molar-refractivity contribution in [3.05, 3.63) is 0 Å². The van der Waals surface area contributed by atoms with Crippen molar-refractivity contribution < 1.29 is 17.7 Å². The molecule has 1 rings (SSSR count). The van der Waals surface area contributed by atoms with Crippen LogP contribution in [0.25, 0.3) is 0 Å². The zero-order valence-electron chi connectivity index (χ0n) is 7.99. The monoisotopic (exact) mass is 208 g/mol.